The number of ether oxygens (including phenoxy) is 2. The van der Waals surface area contributed by atoms with Crippen molar-refractivity contribution in [2.75, 3.05) is 32.6 Å². The molecule has 1 aliphatic heterocycles. The first-order chi connectivity index (χ1) is 9.72. The zero-order valence-electron chi connectivity index (χ0n) is 12.0. The third kappa shape index (κ3) is 4.15. The second kappa shape index (κ2) is 7.55. The van der Waals surface area contributed by atoms with Crippen molar-refractivity contribution in [2.45, 2.75) is 24.3 Å². The van der Waals surface area contributed by atoms with Crippen molar-refractivity contribution in [1.82, 2.24) is 4.90 Å². The molecule has 1 atom stereocenters. The third-order valence-corrected chi connectivity index (χ3v) is 4.33. The van der Waals surface area contributed by atoms with Crippen LogP contribution >= 0.6 is 11.8 Å². The van der Waals surface area contributed by atoms with Crippen molar-refractivity contribution >= 4 is 17.7 Å². The molecule has 2 rings (SSSR count). The van der Waals surface area contributed by atoms with Gasteiger partial charge in [0.2, 0.25) is 5.91 Å². The van der Waals surface area contributed by atoms with E-state index in [9.17, 15) is 4.79 Å². The van der Waals surface area contributed by atoms with Crippen LogP contribution in [-0.4, -0.2) is 49.5 Å². The van der Waals surface area contributed by atoms with Crippen molar-refractivity contribution in [1.29, 1.82) is 0 Å². The lowest BCUT2D eigenvalue weighted by molar-refractivity contribution is -0.135. The lowest BCUT2D eigenvalue weighted by Gasteiger charge is -2.32. The highest BCUT2D eigenvalue weighted by Gasteiger charge is 2.22. The average Bonchev–Trinajstić information content (AvgIpc) is 2.52. The Morgan fingerprint density at radius 3 is 3.15 bits per heavy atom. The maximum atomic E-state index is 12.2. The number of carbonyl (C=O) groups excluding carboxylic acids is 1. The maximum absolute atomic E-state index is 12.2. The van der Waals surface area contributed by atoms with Gasteiger partial charge in [0.1, 0.15) is 5.75 Å². The van der Waals surface area contributed by atoms with Crippen molar-refractivity contribution in [2.24, 2.45) is 0 Å². The van der Waals surface area contributed by atoms with Crippen LogP contribution in [0.5, 0.6) is 5.75 Å². The van der Waals surface area contributed by atoms with Gasteiger partial charge >= 0.3 is 0 Å². The van der Waals surface area contributed by atoms with Gasteiger partial charge in [0.25, 0.3) is 0 Å². The normalized spacial score (nSPS) is 18.9. The monoisotopic (exact) mass is 295 g/mol. The number of hydrogen-bond acceptors (Lipinski definition) is 4. The third-order valence-electron chi connectivity index (χ3n) is 3.35. The molecule has 110 valence electrons. The van der Waals surface area contributed by atoms with Gasteiger partial charge in [-0.3, -0.25) is 4.79 Å². The predicted molar refractivity (Wildman–Crippen MR) is 80.3 cm³/mol. The summed E-state index contributed by atoms with van der Waals surface area (Å²) in [7, 11) is 1.65. The molecule has 5 heteroatoms. The maximum Gasteiger partial charge on any atom is 0.233 e. The van der Waals surface area contributed by atoms with Crippen molar-refractivity contribution in [3.63, 3.8) is 0 Å². The van der Waals surface area contributed by atoms with Crippen LogP contribution in [0.3, 0.4) is 0 Å². The second-order valence-electron chi connectivity index (χ2n) is 4.71. The number of thioether (sulfide) groups is 1. The summed E-state index contributed by atoms with van der Waals surface area (Å²) in [5.41, 5.74) is 0. The highest BCUT2D eigenvalue weighted by atomic mass is 32.2. The van der Waals surface area contributed by atoms with Crippen molar-refractivity contribution < 1.29 is 14.3 Å². The van der Waals surface area contributed by atoms with Crippen LogP contribution in [-0.2, 0) is 9.53 Å². The molecule has 1 fully saturated rings. The van der Waals surface area contributed by atoms with Crippen LogP contribution in [0.25, 0.3) is 0 Å². The summed E-state index contributed by atoms with van der Waals surface area (Å²) in [5, 5.41) is 0. The molecule has 0 saturated carbocycles. The molecule has 1 amide bonds. The van der Waals surface area contributed by atoms with E-state index in [-0.39, 0.29) is 12.0 Å². The molecule has 0 spiro atoms. The predicted octanol–water partition coefficient (Wildman–Crippen LogP) is 2.42. The molecule has 0 bridgehead atoms. The number of hydrogen-bond donors (Lipinski definition) is 0. The molecule has 1 aliphatic rings. The summed E-state index contributed by atoms with van der Waals surface area (Å²) >= 11 is 1.55. The molecule has 0 N–H and O–H groups in total. The zero-order valence-corrected chi connectivity index (χ0v) is 12.8. The van der Waals surface area contributed by atoms with Crippen molar-refractivity contribution in [3.8, 4) is 5.75 Å². The molecule has 20 heavy (non-hydrogen) atoms. The SMILES string of the molecule is CCC1CN(C(=O)CSc2cccc(OC)c2)CCO1. The van der Waals surface area contributed by atoms with E-state index in [2.05, 4.69) is 6.92 Å². The van der Waals surface area contributed by atoms with E-state index in [1.54, 1.807) is 18.9 Å². The van der Waals surface area contributed by atoms with Gasteiger partial charge in [-0.2, -0.15) is 0 Å². The molecule has 1 saturated heterocycles. The lowest BCUT2D eigenvalue weighted by atomic mass is 10.2. The largest absolute Gasteiger partial charge is 0.497 e. The lowest BCUT2D eigenvalue weighted by Crippen LogP contribution is -2.46. The Kier molecular flexibility index (Phi) is 5.73. The molecule has 0 aromatic heterocycles. The molecule has 1 unspecified atom stereocenters. The fourth-order valence-electron chi connectivity index (χ4n) is 2.12. The van der Waals surface area contributed by atoms with E-state index in [1.165, 1.54) is 0 Å². The van der Waals surface area contributed by atoms with Crippen LogP contribution in [0.2, 0.25) is 0 Å². The molecule has 4 nitrogen and oxygen atoms in total. The topological polar surface area (TPSA) is 38.8 Å². The quantitative estimate of drug-likeness (QED) is 0.782. The van der Waals surface area contributed by atoms with Gasteiger partial charge < -0.3 is 14.4 Å². The number of morpholine rings is 1. The minimum absolute atomic E-state index is 0.180. The van der Waals surface area contributed by atoms with Crippen LogP contribution in [0.15, 0.2) is 29.2 Å². The minimum atomic E-state index is 0.180. The van der Waals surface area contributed by atoms with E-state index >= 15 is 0 Å². The molecule has 1 aromatic carbocycles. The van der Waals surface area contributed by atoms with E-state index in [4.69, 9.17) is 9.47 Å². The molecule has 1 heterocycles. The van der Waals surface area contributed by atoms with Gasteiger partial charge in [-0.15, -0.1) is 11.8 Å². The van der Waals surface area contributed by atoms with Gasteiger partial charge in [-0.1, -0.05) is 13.0 Å². The second-order valence-corrected chi connectivity index (χ2v) is 5.76. The van der Waals surface area contributed by atoms with Crippen LogP contribution in [0.1, 0.15) is 13.3 Å². The van der Waals surface area contributed by atoms with E-state index in [0.717, 1.165) is 17.1 Å². The highest BCUT2D eigenvalue weighted by Crippen LogP contribution is 2.23. The molecular weight excluding hydrogens is 274 g/mol. The van der Waals surface area contributed by atoms with E-state index in [1.807, 2.05) is 29.2 Å². The Bertz CT molecular complexity index is 452. The van der Waals surface area contributed by atoms with Crippen LogP contribution in [0.4, 0.5) is 0 Å². The fourth-order valence-corrected chi connectivity index (χ4v) is 2.97. The Morgan fingerprint density at radius 1 is 1.55 bits per heavy atom. The Labute approximate surface area is 124 Å². The fraction of sp³-hybridized carbons (Fsp3) is 0.533. The summed E-state index contributed by atoms with van der Waals surface area (Å²) in [6.45, 7) is 4.15. The van der Waals surface area contributed by atoms with Gasteiger partial charge in [0.15, 0.2) is 0 Å². The molecule has 0 aliphatic carbocycles. The highest BCUT2D eigenvalue weighted by molar-refractivity contribution is 8.00. The average molecular weight is 295 g/mol. The minimum Gasteiger partial charge on any atom is -0.497 e. The van der Waals surface area contributed by atoms with Crippen LogP contribution < -0.4 is 4.74 Å². The van der Waals surface area contributed by atoms with Crippen LogP contribution in [0, 0.1) is 0 Å². The number of nitrogens with zero attached hydrogens (tertiary/aromatic N) is 1. The number of carbonyl (C=O) groups is 1. The first kappa shape index (κ1) is 15.2. The Hall–Kier alpha value is -1.20. The summed E-state index contributed by atoms with van der Waals surface area (Å²) in [6, 6.07) is 7.79. The number of benzene rings is 1. The smallest absolute Gasteiger partial charge is 0.233 e. The Morgan fingerprint density at radius 2 is 2.40 bits per heavy atom. The van der Waals surface area contributed by atoms with Gasteiger partial charge in [0, 0.05) is 18.0 Å². The Balaban J connectivity index is 1.85. The molecular formula is C15H21NO3S. The van der Waals surface area contributed by atoms with Crippen molar-refractivity contribution in [3.05, 3.63) is 24.3 Å². The standard InChI is InChI=1S/C15H21NO3S/c1-3-12-10-16(7-8-19-12)15(17)11-20-14-6-4-5-13(9-14)18-2/h4-6,9,12H,3,7-8,10-11H2,1-2H3. The molecule has 0 radical (unpaired) electrons. The zero-order chi connectivity index (χ0) is 14.4. The summed E-state index contributed by atoms with van der Waals surface area (Å²) in [6.07, 6.45) is 1.14. The van der Waals surface area contributed by atoms with E-state index in [0.29, 0.717) is 25.4 Å². The molecule has 1 aromatic rings. The summed E-state index contributed by atoms with van der Waals surface area (Å²) in [4.78, 5) is 15.2. The summed E-state index contributed by atoms with van der Waals surface area (Å²) < 4.78 is 10.8. The number of amides is 1. The summed E-state index contributed by atoms with van der Waals surface area (Å²) in [5.74, 6) is 1.46. The van der Waals surface area contributed by atoms with Gasteiger partial charge in [0.05, 0.1) is 25.6 Å². The number of methoxy groups -OCH3 is 1. The first-order valence-electron chi connectivity index (χ1n) is 6.89. The first-order valence-corrected chi connectivity index (χ1v) is 7.87. The number of rotatable bonds is 5. The van der Waals surface area contributed by atoms with E-state index < -0.39 is 0 Å². The van der Waals surface area contributed by atoms with Gasteiger partial charge in [-0.25, -0.2) is 0 Å². The van der Waals surface area contributed by atoms with Gasteiger partial charge in [-0.05, 0) is 24.6 Å².